The van der Waals surface area contributed by atoms with E-state index in [0.29, 0.717) is 32.0 Å². The van der Waals surface area contributed by atoms with Crippen LogP contribution in [0.5, 0.6) is 0 Å². The standard InChI is InChI=1S/C25H32FN3O2/c26-21-8-6-19(7-9-21)10-13-27-25(31)24-16-23(30)18-29(24)22-11-14-28(15-12-22)17-20-4-2-1-3-5-20/h1-9,22-24,30H,10-18H2,(H,27,31)/t23-,24+/m1/s1. The molecule has 2 N–H and O–H groups in total. The maximum atomic E-state index is 13.0. The van der Waals surface area contributed by atoms with E-state index in [0.717, 1.165) is 38.0 Å². The molecule has 31 heavy (non-hydrogen) atoms. The lowest BCUT2D eigenvalue weighted by molar-refractivity contribution is -0.126. The lowest BCUT2D eigenvalue weighted by atomic mass is 10.0. The van der Waals surface area contributed by atoms with Gasteiger partial charge in [0.25, 0.3) is 0 Å². The average Bonchev–Trinajstić information content (AvgIpc) is 3.18. The van der Waals surface area contributed by atoms with Crippen LogP contribution in [0, 0.1) is 5.82 Å². The second-order valence-electron chi connectivity index (χ2n) is 8.76. The second kappa shape index (κ2) is 10.4. The summed E-state index contributed by atoms with van der Waals surface area (Å²) in [7, 11) is 0. The van der Waals surface area contributed by atoms with Gasteiger partial charge in [0.05, 0.1) is 12.1 Å². The molecular formula is C25H32FN3O2. The highest BCUT2D eigenvalue weighted by Crippen LogP contribution is 2.27. The van der Waals surface area contributed by atoms with Gasteiger partial charge in [-0.15, -0.1) is 0 Å². The molecule has 4 rings (SSSR count). The predicted molar refractivity (Wildman–Crippen MR) is 119 cm³/mol. The normalized spacial score (nSPS) is 23.2. The van der Waals surface area contributed by atoms with E-state index in [2.05, 4.69) is 39.4 Å². The number of piperidine rings is 1. The molecule has 5 nitrogen and oxygen atoms in total. The molecule has 1 amide bonds. The highest BCUT2D eigenvalue weighted by atomic mass is 19.1. The van der Waals surface area contributed by atoms with E-state index in [4.69, 9.17) is 0 Å². The second-order valence-corrected chi connectivity index (χ2v) is 8.76. The molecule has 0 bridgehead atoms. The van der Waals surface area contributed by atoms with Crippen molar-refractivity contribution in [3.05, 3.63) is 71.5 Å². The molecular weight excluding hydrogens is 393 g/mol. The number of likely N-dealkylation sites (tertiary alicyclic amines) is 2. The van der Waals surface area contributed by atoms with Crippen molar-refractivity contribution < 1.29 is 14.3 Å². The zero-order valence-electron chi connectivity index (χ0n) is 17.9. The number of aliphatic hydroxyl groups is 1. The van der Waals surface area contributed by atoms with Gasteiger partial charge < -0.3 is 10.4 Å². The number of nitrogens with one attached hydrogen (secondary N) is 1. The van der Waals surface area contributed by atoms with Gasteiger partial charge in [-0.2, -0.15) is 0 Å². The number of carbonyl (C=O) groups excluding carboxylic acids is 1. The van der Waals surface area contributed by atoms with Crippen LogP contribution in [-0.4, -0.2) is 65.2 Å². The molecule has 2 atom stereocenters. The zero-order chi connectivity index (χ0) is 21.6. The summed E-state index contributed by atoms with van der Waals surface area (Å²) < 4.78 is 13.0. The highest BCUT2D eigenvalue weighted by molar-refractivity contribution is 5.82. The summed E-state index contributed by atoms with van der Waals surface area (Å²) in [6.07, 6.45) is 2.74. The number of halogens is 1. The molecule has 0 spiro atoms. The Bertz CT molecular complexity index is 838. The quantitative estimate of drug-likeness (QED) is 0.716. The molecule has 6 heteroatoms. The molecule has 0 saturated carbocycles. The molecule has 2 heterocycles. The molecule has 0 radical (unpaired) electrons. The number of aliphatic hydroxyl groups excluding tert-OH is 1. The Morgan fingerprint density at radius 2 is 1.74 bits per heavy atom. The van der Waals surface area contributed by atoms with Gasteiger partial charge in [-0.05, 0) is 62.0 Å². The lowest BCUT2D eigenvalue weighted by Gasteiger charge is -2.39. The molecule has 2 aromatic carbocycles. The zero-order valence-corrected chi connectivity index (χ0v) is 17.9. The summed E-state index contributed by atoms with van der Waals surface area (Å²) in [5.74, 6) is -0.261. The first kappa shape index (κ1) is 21.9. The third-order valence-electron chi connectivity index (χ3n) is 6.52. The van der Waals surface area contributed by atoms with Gasteiger partial charge in [0.2, 0.25) is 5.91 Å². The van der Waals surface area contributed by atoms with Crippen LogP contribution in [0.3, 0.4) is 0 Å². The largest absolute Gasteiger partial charge is 0.392 e. The molecule has 2 saturated heterocycles. The molecule has 2 fully saturated rings. The first-order chi connectivity index (χ1) is 15.1. The SMILES string of the molecule is O=C(NCCc1ccc(F)cc1)[C@@H]1C[C@@H](O)CN1C1CCN(Cc2ccccc2)CC1. The van der Waals surface area contributed by atoms with Crippen LogP contribution in [0.4, 0.5) is 4.39 Å². The minimum atomic E-state index is -0.449. The van der Waals surface area contributed by atoms with Crippen LogP contribution >= 0.6 is 0 Å². The van der Waals surface area contributed by atoms with E-state index in [1.54, 1.807) is 12.1 Å². The van der Waals surface area contributed by atoms with Crippen LogP contribution in [0.2, 0.25) is 0 Å². The molecule has 0 aromatic heterocycles. The van der Waals surface area contributed by atoms with Crippen molar-refractivity contribution in [2.45, 2.75) is 50.4 Å². The molecule has 2 aliphatic rings. The lowest BCUT2D eigenvalue weighted by Crippen LogP contribution is -2.51. The Labute approximate surface area is 183 Å². The first-order valence-corrected chi connectivity index (χ1v) is 11.3. The maximum Gasteiger partial charge on any atom is 0.237 e. The Morgan fingerprint density at radius 3 is 2.45 bits per heavy atom. The summed E-state index contributed by atoms with van der Waals surface area (Å²) in [6.45, 7) is 4.05. The third-order valence-corrected chi connectivity index (χ3v) is 6.52. The topological polar surface area (TPSA) is 55.8 Å². The van der Waals surface area contributed by atoms with Crippen molar-refractivity contribution in [2.24, 2.45) is 0 Å². The Kier molecular flexibility index (Phi) is 7.33. The molecule has 2 aromatic rings. The number of hydrogen-bond donors (Lipinski definition) is 2. The van der Waals surface area contributed by atoms with Gasteiger partial charge in [-0.1, -0.05) is 42.5 Å². The van der Waals surface area contributed by atoms with Gasteiger partial charge >= 0.3 is 0 Å². The fraction of sp³-hybridized carbons (Fsp3) is 0.480. The van der Waals surface area contributed by atoms with Gasteiger partial charge in [0.1, 0.15) is 5.82 Å². The number of amides is 1. The summed E-state index contributed by atoms with van der Waals surface area (Å²) in [5.41, 5.74) is 2.33. The number of benzene rings is 2. The van der Waals surface area contributed by atoms with Crippen LogP contribution < -0.4 is 5.32 Å². The Hall–Kier alpha value is -2.28. The van der Waals surface area contributed by atoms with Crippen molar-refractivity contribution in [1.29, 1.82) is 0 Å². The van der Waals surface area contributed by atoms with Gasteiger partial charge in [0, 0.05) is 25.7 Å². The van der Waals surface area contributed by atoms with Crippen LogP contribution in [0.15, 0.2) is 54.6 Å². The first-order valence-electron chi connectivity index (χ1n) is 11.3. The average molecular weight is 426 g/mol. The van der Waals surface area contributed by atoms with E-state index < -0.39 is 6.10 Å². The van der Waals surface area contributed by atoms with Crippen molar-refractivity contribution in [3.8, 4) is 0 Å². The van der Waals surface area contributed by atoms with Crippen LogP contribution in [0.1, 0.15) is 30.4 Å². The van der Waals surface area contributed by atoms with Crippen molar-refractivity contribution in [2.75, 3.05) is 26.2 Å². The summed E-state index contributed by atoms with van der Waals surface area (Å²) in [5, 5.41) is 13.3. The predicted octanol–water partition coefficient (Wildman–Crippen LogP) is 2.58. The van der Waals surface area contributed by atoms with Gasteiger partial charge in [-0.25, -0.2) is 4.39 Å². The number of rotatable bonds is 7. The number of β-amino-alcohol motifs (C(OH)–C–C–N with tert-alkyl or cyclic N) is 1. The third kappa shape index (κ3) is 5.91. The van der Waals surface area contributed by atoms with E-state index in [-0.39, 0.29) is 17.8 Å². The van der Waals surface area contributed by atoms with E-state index in [1.807, 2.05) is 6.07 Å². The highest BCUT2D eigenvalue weighted by Gasteiger charge is 2.40. The van der Waals surface area contributed by atoms with Crippen LogP contribution in [-0.2, 0) is 17.8 Å². The fourth-order valence-corrected chi connectivity index (χ4v) is 4.85. The Balaban J connectivity index is 1.26. The smallest absolute Gasteiger partial charge is 0.237 e. The molecule has 0 aliphatic carbocycles. The van der Waals surface area contributed by atoms with Crippen LogP contribution in [0.25, 0.3) is 0 Å². The minimum Gasteiger partial charge on any atom is -0.392 e. The number of nitrogens with zero attached hydrogens (tertiary/aromatic N) is 2. The molecule has 0 unspecified atom stereocenters. The van der Waals surface area contributed by atoms with E-state index in [1.165, 1.54) is 17.7 Å². The maximum absolute atomic E-state index is 13.0. The number of carbonyl (C=O) groups is 1. The van der Waals surface area contributed by atoms with Gasteiger partial charge in [-0.3, -0.25) is 14.6 Å². The van der Waals surface area contributed by atoms with Crippen molar-refractivity contribution >= 4 is 5.91 Å². The van der Waals surface area contributed by atoms with Gasteiger partial charge in [0.15, 0.2) is 0 Å². The Morgan fingerprint density at radius 1 is 1.03 bits per heavy atom. The summed E-state index contributed by atoms with van der Waals surface area (Å²) in [6, 6.07) is 17.0. The number of hydrogen-bond acceptors (Lipinski definition) is 4. The monoisotopic (exact) mass is 425 g/mol. The fourth-order valence-electron chi connectivity index (χ4n) is 4.85. The summed E-state index contributed by atoms with van der Waals surface area (Å²) in [4.78, 5) is 17.5. The molecule has 2 aliphatic heterocycles. The molecule has 166 valence electrons. The summed E-state index contributed by atoms with van der Waals surface area (Å²) >= 11 is 0. The van der Waals surface area contributed by atoms with E-state index >= 15 is 0 Å². The van der Waals surface area contributed by atoms with E-state index in [9.17, 15) is 14.3 Å². The van der Waals surface area contributed by atoms with Crippen molar-refractivity contribution in [1.82, 2.24) is 15.1 Å². The minimum absolute atomic E-state index is 0.00891. The van der Waals surface area contributed by atoms with Crippen molar-refractivity contribution in [3.63, 3.8) is 0 Å².